The van der Waals surface area contributed by atoms with Gasteiger partial charge in [0.05, 0.1) is 0 Å². The number of carbonyl (C=O) groups excluding carboxylic acids is 1. The monoisotopic (exact) mass is 396 g/mol. The third-order valence-electron chi connectivity index (χ3n) is 4.45. The maximum atomic E-state index is 12.5. The van der Waals surface area contributed by atoms with Gasteiger partial charge in [-0.15, -0.1) is 0 Å². The highest BCUT2D eigenvalue weighted by molar-refractivity contribution is 6.30. The number of hydrogen-bond donors (Lipinski definition) is 1. The summed E-state index contributed by atoms with van der Waals surface area (Å²) in [5.41, 5.74) is 2.86. The van der Waals surface area contributed by atoms with Crippen LogP contribution in [0.1, 0.15) is 36.7 Å². The molecule has 0 radical (unpaired) electrons. The van der Waals surface area contributed by atoms with Crippen LogP contribution in [0.25, 0.3) is 0 Å². The van der Waals surface area contributed by atoms with Gasteiger partial charge < -0.3 is 14.8 Å². The van der Waals surface area contributed by atoms with Crippen molar-refractivity contribution in [2.75, 3.05) is 12.4 Å². The minimum atomic E-state index is -0.164. The van der Waals surface area contributed by atoms with Gasteiger partial charge in [-0.25, -0.2) is 9.78 Å². The predicted octanol–water partition coefficient (Wildman–Crippen LogP) is 5.37. The molecule has 0 atom stereocenters. The molecule has 1 heterocycles. The number of nitrogens with one attached hydrogen (secondary N) is 1. The van der Waals surface area contributed by atoms with Crippen LogP contribution in [0, 0.1) is 0 Å². The first-order valence-electron chi connectivity index (χ1n) is 9.29. The molecule has 0 unspecified atom stereocenters. The molecule has 0 fully saturated rings. The van der Waals surface area contributed by atoms with Crippen LogP contribution in [0.4, 0.5) is 10.5 Å². The molecular weight excluding hydrogens is 372 g/mol. The average Bonchev–Trinajstić information content (AvgIpc) is 3.10. The van der Waals surface area contributed by atoms with Crippen LogP contribution >= 0.6 is 11.6 Å². The van der Waals surface area contributed by atoms with E-state index in [9.17, 15) is 4.79 Å². The van der Waals surface area contributed by atoms with Crippen molar-refractivity contribution in [3.05, 3.63) is 82.9 Å². The standard InChI is InChI=1S/C22H25ClN4O/c1-16(2)21-24-10-11-27(21)15-18-7-5-9-20(13-18)25-22(28)26(3)14-17-6-4-8-19(23)12-17/h4-13,16H,14-15H2,1-3H3,(H,25,28). The molecular formula is C22H25ClN4O. The third-order valence-corrected chi connectivity index (χ3v) is 4.69. The summed E-state index contributed by atoms with van der Waals surface area (Å²) in [5, 5.41) is 3.63. The highest BCUT2D eigenvalue weighted by Crippen LogP contribution is 2.17. The second-order valence-electron chi connectivity index (χ2n) is 7.18. The van der Waals surface area contributed by atoms with Crippen molar-refractivity contribution in [1.29, 1.82) is 0 Å². The highest BCUT2D eigenvalue weighted by atomic mass is 35.5. The van der Waals surface area contributed by atoms with E-state index >= 15 is 0 Å². The molecule has 3 rings (SSSR count). The number of nitrogens with zero attached hydrogens (tertiary/aromatic N) is 3. The first kappa shape index (κ1) is 20.0. The van der Waals surface area contributed by atoms with Gasteiger partial charge in [-0.1, -0.05) is 49.7 Å². The maximum Gasteiger partial charge on any atom is 0.321 e. The average molecular weight is 397 g/mol. The van der Waals surface area contributed by atoms with E-state index < -0.39 is 0 Å². The lowest BCUT2D eigenvalue weighted by molar-refractivity contribution is 0.220. The van der Waals surface area contributed by atoms with Crippen LogP contribution in [0.3, 0.4) is 0 Å². The number of urea groups is 1. The van der Waals surface area contributed by atoms with Crippen molar-refractivity contribution < 1.29 is 4.79 Å². The Hall–Kier alpha value is -2.79. The summed E-state index contributed by atoms with van der Waals surface area (Å²) >= 11 is 6.02. The second-order valence-corrected chi connectivity index (χ2v) is 7.62. The fraction of sp³-hybridized carbons (Fsp3) is 0.273. The minimum Gasteiger partial charge on any atom is -0.330 e. The predicted molar refractivity (Wildman–Crippen MR) is 114 cm³/mol. The third kappa shape index (κ3) is 5.14. The van der Waals surface area contributed by atoms with Crippen molar-refractivity contribution >= 4 is 23.3 Å². The smallest absolute Gasteiger partial charge is 0.321 e. The Morgan fingerprint density at radius 1 is 1.18 bits per heavy atom. The van der Waals surface area contributed by atoms with Crippen molar-refractivity contribution in [2.45, 2.75) is 32.9 Å². The summed E-state index contributed by atoms with van der Waals surface area (Å²) in [4.78, 5) is 18.6. The van der Waals surface area contributed by atoms with Crippen molar-refractivity contribution in [3.63, 3.8) is 0 Å². The van der Waals surface area contributed by atoms with Gasteiger partial charge >= 0.3 is 6.03 Å². The van der Waals surface area contributed by atoms with E-state index in [0.29, 0.717) is 17.5 Å². The lowest BCUT2D eigenvalue weighted by Crippen LogP contribution is -2.30. The molecule has 0 spiro atoms. The lowest BCUT2D eigenvalue weighted by atomic mass is 10.1. The molecule has 3 aromatic rings. The molecule has 2 aromatic carbocycles. The van der Waals surface area contributed by atoms with Gasteiger partial charge in [-0.05, 0) is 35.4 Å². The van der Waals surface area contributed by atoms with E-state index in [1.807, 2.05) is 54.9 Å². The van der Waals surface area contributed by atoms with E-state index in [0.717, 1.165) is 29.2 Å². The Labute approximate surface area is 171 Å². The van der Waals surface area contributed by atoms with Gasteiger partial charge in [0.25, 0.3) is 0 Å². The molecule has 2 amide bonds. The van der Waals surface area contributed by atoms with Gasteiger partial charge in [0, 0.05) is 49.2 Å². The topological polar surface area (TPSA) is 50.2 Å². The fourth-order valence-corrected chi connectivity index (χ4v) is 3.31. The van der Waals surface area contributed by atoms with Crippen molar-refractivity contribution in [3.8, 4) is 0 Å². The Balaban J connectivity index is 1.65. The summed E-state index contributed by atoms with van der Waals surface area (Å²) < 4.78 is 2.14. The minimum absolute atomic E-state index is 0.164. The van der Waals surface area contributed by atoms with E-state index in [1.165, 1.54) is 0 Å². The molecule has 146 valence electrons. The summed E-state index contributed by atoms with van der Waals surface area (Å²) in [7, 11) is 1.76. The summed E-state index contributed by atoms with van der Waals surface area (Å²) in [5.74, 6) is 1.41. The molecule has 1 aromatic heterocycles. The number of rotatable bonds is 6. The van der Waals surface area contributed by atoms with E-state index in [4.69, 9.17) is 11.6 Å². The quantitative estimate of drug-likeness (QED) is 0.608. The number of amides is 2. The van der Waals surface area contributed by atoms with Crippen LogP contribution in [0.2, 0.25) is 5.02 Å². The van der Waals surface area contributed by atoms with E-state index in [-0.39, 0.29) is 6.03 Å². The molecule has 0 saturated heterocycles. The number of carbonyl (C=O) groups is 1. The number of aromatic nitrogens is 2. The van der Waals surface area contributed by atoms with Crippen LogP contribution in [-0.2, 0) is 13.1 Å². The first-order chi connectivity index (χ1) is 13.4. The zero-order chi connectivity index (χ0) is 20.1. The molecule has 0 aliphatic heterocycles. The SMILES string of the molecule is CC(C)c1nccn1Cc1cccc(NC(=O)N(C)Cc2cccc(Cl)c2)c1. The zero-order valence-electron chi connectivity index (χ0n) is 16.4. The van der Waals surface area contributed by atoms with Crippen molar-refractivity contribution in [2.24, 2.45) is 0 Å². The van der Waals surface area contributed by atoms with Gasteiger partial charge in [-0.3, -0.25) is 0 Å². The molecule has 1 N–H and O–H groups in total. The molecule has 5 nitrogen and oxygen atoms in total. The van der Waals surface area contributed by atoms with Gasteiger partial charge in [0.15, 0.2) is 0 Å². The molecule has 0 bridgehead atoms. The fourth-order valence-electron chi connectivity index (χ4n) is 3.10. The summed E-state index contributed by atoms with van der Waals surface area (Å²) in [6, 6.07) is 15.3. The zero-order valence-corrected chi connectivity index (χ0v) is 17.1. The number of imidazole rings is 1. The Kier molecular flexibility index (Phi) is 6.37. The van der Waals surface area contributed by atoms with Gasteiger partial charge in [-0.2, -0.15) is 0 Å². The highest BCUT2D eigenvalue weighted by Gasteiger charge is 2.11. The van der Waals surface area contributed by atoms with Crippen LogP contribution in [-0.4, -0.2) is 27.5 Å². The largest absolute Gasteiger partial charge is 0.330 e. The number of hydrogen-bond acceptors (Lipinski definition) is 2. The van der Waals surface area contributed by atoms with Crippen LogP contribution in [0.5, 0.6) is 0 Å². The second kappa shape index (κ2) is 8.93. The Morgan fingerprint density at radius 3 is 2.68 bits per heavy atom. The van der Waals surface area contributed by atoms with Crippen molar-refractivity contribution in [1.82, 2.24) is 14.5 Å². The first-order valence-corrected chi connectivity index (χ1v) is 9.66. The number of benzene rings is 2. The lowest BCUT2D eigenvalue weighted by Gasteiger charge is -2.18. The molecule has 28 heavy (non-hydrogen) atoms. The molecule has 0 aliphatic carbocycles. The number of anilines is 1. The normalized spacial score (nSPS) is 10.9. The summed E-state index contributed by atoms with van der Waals surface area (Å²) in [6.07, 6.45) is 3.81. The van der Waals surface area contributed by atoms with Crippen LogP contribution in [0.15, 0.2) is 60.9 Å². The van der Waals surface area contributed by atoms with E-state index in [1.54, 1.807) is 11.9 Å². The van der Waals surface area contributed by atoms with E-state index in [2.05, 4.69) is 34.8 Å². The Morgan fingerprint density at radius 2 is 1.93 bits per heavy atom. The van der Waals surface area contributed by atoms with Gasteiger partial charge in [0.2, 0.25) is 0 Å². The maximum absolute atomic E-state index is 12.5. The Bertz CT molecular complexity index is 951. The van der Waals surface area contributed by atoms with Gasteiger partial charge in [0.1, 0.15) is 5.82 Å². The van der Waals surface area contributed by atoms with Crippen LogP contribution < -0.4 is 5.32 Å². The summed E-state index contributed by atoms with van der Waals surface area (Å²) in [6.45, 7) is 5.46. The molecule has 6 heteroatoms. The number of halogens is 1. The molecule has 0 saturated carbocycles. The molecule has 0 aliphatic rings.